The van der Waals surface area contributed by atoms with Crippen molar-refractivity contribution in [3.8, 4) is 0 Å². The van der Waals surface area contributed by atoms with Crippen LogP contribution in [0.3, 0.4) is 0 Å². The largest absolute Gasteiger partial charge is 0.469 e. The van der Waals surface area contributed by atoms with Gasteiger partial charge in [0.15, 0.2) is 16.6 Å². The van der Waals surface area contributed by atoms with Gasteiger partial charge in [0.1, 0.15) is 0 Å². The van der Waals surface area contributed by atoms with Crippen LogP contribution in [0.25, 0.3) is 0 Å². The summed E-state index contributed by atoms with van der Waals surface area (Å²) in [5.41, 5.74) is -2.94. The molecular formula is C44H90O8Si3. The molecule has 0 aromatic rings. The molecule has 0 aliphatic heterocycles. The van der Waals surface area contributed by atoms with Crippen molar-refractivity contribution in [1.82, 2.24) is 0 Å². The lowest BCUT2D eigenvalue weighted by atomic mass is 9.65. The molecule has 8 nitrogen and oxygen atoms in total. The molecule has 326 valence electrons. The highest BCUT2D eigenvalue weighted by Crippen LogP contribution is 2.46. The van der Waals surface area contributed by atoms with Crippen molar-refractivity contribution in [2.75, 3.05) is 20.3 Å². The Kier molecular flexibility index (Phi) is 26.4. The van der Waals surface area contributed by atoms with Crippen LogP contribution in [-0.4, -0.2) is 63.4 Å². The monoisotopic (exact) mass is 831 g/mol. The zero-order chi connectivity index (χ0) is 42.2. The van der Waals surface area contributed by atoms with E-state index in [1.807, 2.05) is 27.7 Å². The zero-order valence-corrected chi connectivity index (χ0v) is 41.7. The summed E-state index contributed by atoms with van der Waals surface area (Å²) in [6.45, 7) is 27.5. The van der Waals surface area contributed by atoms with Crippen LogP contribution < -0.4 is 0 Å². The van der Waals surface area contributed by atoms with Gasteiger partial charge in [-0.25, -0.2) is 0 Å². The third-order valence-corrected chi connectivity index (χ3v) is 21.0. The van der Waals surface area contributed by atoms with E-state index < -0.39 is 47.4 Å². The molecule has 2 atom stereocenters. The third kappa shape index (κ3) is 25.2. The Labute approximate surface area is 343 Å². The molecule has 0 N–H and O–H groups in total. The molecule has 11 heteroatoms. The number of ether oxygens (including phenoxy) is 3. The second-order valence-corrected chi connectivity index (χ2v) is 32.4. The smallest absolute Gasteiger partial charge is 0.311 e. The minimum Gasteiger partial charge on any atom is -0.469 e. The molecule has 0 aromatic heterocycles. The lowest BCUT2D eigenvalue weighted by Crippen LogP contribution is -2.51. The Balaban J connectivity index is 4.76. The summed E-state index contributed by atoms with van der Waals surface area (Å²) in [4.78, 5) is 40.2. The van der Waals surface area contributed by atoms with Gasteiger partial charge in [0.05, 0.1) is 36.6 Å². The van der Waals surface area contributed by atoms with Crippen molar-refractivity contribution in [2.24, 2.45) is 16.2 Å². The second kappa shape index (κ2) is 26.9. The lowest BCUT2D eigenvalue weighted by Gasteiger charge is -2.39. The summed E-state index contributed by atoms with van der Waals surface area (Å²) in [7, 11) is -4.46. The quantitative estimate of drug-likeness (QED) is 0.0274. The molecule has 0 spiro atoms. The van der Waals surface area contributed by atoms with Crippen molar-refractivity contribution < 1.29 is 36.8 Å². The van der Waals surface area contributed by atoms with Gasteiger partial charge in [0.2, 0.25) is 0 Å². The van der Waals surface area contributed by atoms with Gasteiger partial charge in [-0.05, 0) is 112 Å². The van der Waals surface area contributed by atoms with Crippen LogP contribution in [0.4, 0.5) is 0 Å². The molecule has 0 bridgehead atoms. The van der Waals surface area contributed by atoms with E-state index in [-0.39, 0.29) is 24.8 Å². The number of carbonyl (C=O) groups excluding carboxylic acids is 3. The maximum absolute atomic E-state index is 13.5. The summed E-state index contributed by atoms with van der Waals surface area (Å²) in [5, 5.41) is 0. The van der Waals surface area contributed by atoms with E-state index in [1.54, 1.807) is 6.92 Å². The van der Waals surface area contributed by atoms with Gasteiger partial charge < -0.3 is 22.4 Å². The first-order chi connectivity index (χ1) is 25.5. The predicted octanol–water partition coefficient (Wildman–Crippen LogP) is 13.3. The van der Waals surface area contributed by atoms with E-state index in [0.29, 0.717) is 19.6 Å². The summed E-state index contributed by atoms with van der Waals surface area (Å²) in [6.07, 6.45) is 23.3. The number of hydrogen-bond acceptors (Lipinski definition) is 8. The maximum atomic E-state index is 13.5. The molecule has 0 heterocycles. The number of methoxy groups -OCH3 is 1. The molecular weight excluding hydrogens is 741 g/mol. The molecule has 0 aliphatic carbocycles. The average Bonchev–Trinajstić information content (AvgIpc) is 3.06. The van der Waals surface area contributed by atoms with Crippen molar-refractivity contribution in [1.29, 1.82) is 0 Å². The van der Waals surface area contributed by atoms with Gasteiger partial charge in [-0.1, -0.05) is 117 Å². The highest BCUT2D eigenvalue weighted by Gasteiger charge is 2.49. The molecule has 0 amide bonds. The summed E-state index contributed by atoms with van der Waals surface area (Å²) >= 11 is 0. The van der Waals surface area contributed by atoms with Gasteiger partial charge in [0.25, 0.3) is 0 Å². The Bertz CT molecular complexity index is 1070. The van der Waals surface area contributed by atoms with Crippen LogP contribution in [0.5, 0.6) is 0 Å². The second-order valence-electron chi connectivity index (χ2n) is 19.7. The predicted molar refractivity (Wildman–Crippen MR) is 238 cm³/mol. The van der Waals surface area contributed by atoms with Crippen molar-refractivity contribution in [3.05, 3.63) is 0 Å². The molecule has 0 rings (SSSR count). The van der Waals surface area contributed by atoms with E-state index in [4.69, 9.17) is 22.4 Å². The van der Waals surface area contributed by atoms with E-state index in [1.165, 1.54) is 90.6 Å². The van der Waals surface area contributed by atoms with E-state index in [2.05, 4.69) is 52.8 Å². The van der Waals surface area contributed by atoms with Crippen LogP contribution in [0, 0.1) is 16.2 Å². The van der Waals surface area contributed by atoms with Crippen LogP contribution in [-0.2, 0) is 36.8 Å². The highest BCUT2D eigenvalue weighted by molar-refractivity contribution is 6.87. The number of hydrogen-bond donors (Lipinski definition) is 0. The summed E-state index contributed by atoms with van der Waals surface area (Å²) in [5.74, 6) is -1.08. The SMILES string of the molecule is CCCCCCCCCCCCCCCCCCOC(=O)C(C)(CC)CC(C)(CC(C)(C)C(=O)OCCCC[Si](C)(C)O[Si](C)(C)O[Si](C)(C)C)C(=O)OC. The Hall–Kier alpha value is -1.02. The molecule has 0 radical (unpaired) electrons. The Morgan fingerprint density at radius 2 is 0.909 bits per heavy atom. The van der Waals surface area contributed by atoms with E-state index in [9.17, 15) is 14.4 Å². The highest BCUT2D eigenvalue weighted by atomic mass is 28.5. The van der Waals surface area contributed by atoms with Gasteiger partial charge in [-0.2, -0.15) is 0 Å². The fourth-order valence-corrected chi connectivity index (χ4v) is 21.5. The molecule has 55 heavy (non-hydrogen) atoms. The summed E-state index contributed by atoms with van der Waals surface area (Å²) in [6, 6.07) is 0.963. The molecule has 0 saturated heterocycles. The van der Waals surface area contributed by atoms with Crippen molar-refractivity contribution in [3.63, 3.8) is 0 Å². The zero-order valence-electron chi connectivity index (χ0n) is 38.7. The average molecular weight is 831 g/mol. The molecule has 2 unspecified atom stereocenters. The lowest BCUT2D eigenvalue weighted by molar-refractivity contribution is -0.167. The normalized spacial score (nSPS) is 14.9. The minimum atomic E-state index is -2.20. The van der Waals surface area contributed by atoms with Gasteiger partial charge in [-0.3, -0.25) is 14.4 Å². The van der Waals surface area contributed by atoms with Crippen molar-refractivity contribution >= 4 is 43.1 Å². The topological polar surface area (TPSA) is 97.4 Å². The van der Waals surface area contributed by atoms with E-state index in [0.717, 1.165) is 38.1 Å². The van der Waals surface area contributed by atoms with E-state index >= 15 is 0 Å². The number of unbranched alkanes of at least 4 members (excludes halogenated alkanes) is 16. The van der Waals surface area contributed by atoms with Crippen LogP contribution in [0.2, 0.25) is 51.9 Å². The fourth-order valence-electron chi connectivity index (χ4n) is 8.18. The minimum absolute atomic E-state index is 0.193. The number of rotatable bonds is 34. The number of carbonyl (C=O) groups is 3. The Morgan fingerprint density at radius 3 is 1.33 bits per heavy atom. The van der Waals surface area contributed by atoms with Gasteiger partial charge in [0, 0.05) is 0 Å². The maximum Gasteiger partial charge on any atom is 0.311 e. The van der Waals surface area contributed by atoms with Crippen molar-refractivity contribution in [2.45, 2.75) is 228 Å². The first-order valence-corrected chi connectivity index (χ1v) is 31.7. The molecule has 0 fully saturated rings. The fraction of sp³-hybridized carbons (Fsp3) is 0.932. The van der Waals surface area contributed by atoms with Gasteiger partial charge in [-0.15, -0.1) is 0 Å². The number of esters is 3. The standard InChI is InChI=1S/C44H90O8Si3/c1-15-17-18-19-20-21-22-23-24-25-26-27-28-29-30-31-34-50-41(47)43(5,16-2)38-44(6,40(46)48-7)37-42(3,4)39(45)49-35-32-33-36-54(11,12)52-55(13,14)51-53(8,9)10/h15-38H2,1-14H3. The summed E-state index contributed by atoms with van der Waals surface area (Å²) < 4.78 is 29.9. The first-order valence-electron chi connectivity index (χ1n) is 22.3. The first kappa shape index (κ1) is 54.0. The molecule has 0 aromatic carbocycles. The van der Waals surface area contributed by atoms with Crippen LogP contribution in [0.15, 0.2) is 0 Å². The van der Waals surface area contributed by atoms with Crippen LogP contribution in [0.1, 0.15) is 176 Å². The molecule has 0 aliphatic rings. The Morgan fingerprint density at radius 1 is 0.491 bits per heavy atom. The van der Waals surface area contributed by atoms with Gasteiger partial charge >= 0.3 is 26.5 Å². The van der Waals surface area contributed by atoms with Crippen LogP contribution >= 0.6 is 0 Å². The third-order valence-electron chi connectivity index (χ3n) is 10.8. The molecule has 0 saturated carbocycles.